The monoisotopic (exact) mass is 593 g/mol. The van der Waals surface area contributed by atoms with Crippen LogP contribution in [0.5, 0.6) is 0 Å². The Labute approximate surface area is 212 Å². The molecule has 1 aliphatic rings. The van der Waals surface area contributed by atoms with E-state index in [0.29, 0.717) is 0 Å². The smallest absolute Gasteiger partial charge is 0 e. The zero-order valence-corrected chi connectivity index (χ0v) is 22.8. The summed E-state index contributed by atoms with van der Waals surface area (Å²) in [5.41, 5.74) is 0. The summed E-state index contributed by atoms with van der Waals surface area (Å²) >= 11 is 0. The van der Waals surface area contributed by atoms with Crippen LogP contribution < -0.4 is 10.2 Å². The summed E-state index contributed by atoms with van der Waals surface area (Å²) in [7, 11) is 0. The third-order valence-electron chi connectivity index (χ3n) is 3.68. The first kappa shape index (κ1) is 31.9. The standard InChI is InChI=1S/2C9H7.C5H5.2C2H5O.C2H4.Hf/c2*1-2-5-9-7-3-6-8(9)4-1;1-2-4-5-3-1;2*1-2-3;1-2;/h2*1-7H;1-3H,4H2;2*2H2,1H3;1-2H2;/q5*-1;;. The molecule has 0 fully saturated rings. The average Bonchev–Trinajstić information content (AvgIpc) is 3.60. The van der Waals surface area contributed by atoms with Gasteiger partial charge in [-0.3, -0.25) is 6.08 Å². The van der Waals surface area contributed by atoms with Gasteiger partial charge in [0.05, 0.1) is 0 Å². The molecule has 0 bridgehead atoms. The summed E-state index contributed by atoms with van der Waals surface area (Å²) in [6, 6.07) is 29.3. The summed E-state index contributed by atoms with van der Waals surface area (Å²) < 4.78 is 0. The maximum absolute atomic E-state index is 8.93. The summed E-state index contributed by atoms with van der Waals surface area (Å²) in [6.45, 7) is 9.14. The van der Waals surface area contributed by atoms with E-state index in [2.05, 4.69) is 110 Å². The van der Waals surface area contributed by atoms with E-state index in [1.165, 1.54) is 21.5 Å². The Morgan fingerprint density at radius 1 is 0.781 bits per heavy atom. The van der Waals surface area contributed by atoms with Gasteiger partial charge in [0, 0.05) is 25.8 Å². The van der Waals surface area contributed by atoms with Crippen molar-refractivity contribution in [3.05, 3.63) is 122 Å². The normalized spacial score (nSPS) is 9.75. The second-order valence-electron chi connectivity index (χ2n) is 5.89. The number of allylic oxidation sites excluding steroid dienone is 4. The van der Waals surface area contributed by atoms with Crippen LogP contribution >= 0.6 is 0 Å². The molecular formula is C29H33HfO2-5. The first-order chi connectivity index (χ1) is 15.3. The Morgan fingerprint density at radius 2 is 1.19 bits per heavy atom. The van der Waals surface area contributed by atoms with Crippen LogP contribution in [0.4, 0.5) is 0 Å². The van der Waals surface area contributed by atoms with Crippen molar-refractivity contribution >= 4 is 21.5 Å². The SMILES string of the molecule is C=C.CC[O-].CC[O-].[C-]1=CC=CC1.[Hf].c1ccc2[cH-]ccc2c1.c1ccc2[cH-]ccc2c1. The second-order valence-corrected chi connectivity index (χ2v) is 5.89. The number of rotatable bonds is 0. The third-order valence-corrected chi connectivity index (χ3v) is 3.68. The molecule has 0 unspecified atom stereocenters. The zero-order valence-electron chi connectivity index (χ0n) is 19.2. The fourth-order valence-corrected chi connectivity index (χ4v) is 2.48. The van der Waals surface area contributed by atoms with E-state index in [4.69, 9.17) is 10.2 Å². The maximum Gasteiger partial charge on any atom is 0 e. The molecule has 32 heavy (non-hydrogen) atoms. The molecule has 0 N–H and O–H groups in total. The van der Waals surface area contributed by atoms with E-state index in [-0.39, 0.29) is 39.1 Å². The van der Waals surface area contributed by atoms with Gasteiger partial charge in [-0.2, -0.15) is 41.1 Å². The Bertz CT molecular complexity index is 825. The molecule has 0 heterocycles. The van der Waals surface area contributed by atoms with E-state index < -0.39 is 0 Å². The van der Waals surface area contributed by atoms with Gasteiger partial charge in [0.25, 0.3) is 0 Å². The number of benzene rings is 2. The van der Waals surface area contributed by atoms with Crippen LogP contribution in [0.2, 0.25) is 0 Å². The molecule has 0 saturated heterocycles. The van der Waals surface area contributed by atoms with Gasteiger partial charge in [-0.25, -0.2) is 12.2 Å². The van der Waals surface area contributed by atoms with Crippen molar-refractivity contribution in [2.75, 3.05) is 13.2 Å². The van der Waals surface area contributed by atoms with Crippen molar-refractivity contribution in [1.82, 2.24) is 0 Å². The second kappa shape index (κ2) is 23.3. The topological polar surface area (TPSA) is 46.1 Å². The van der Waals surface area contributed by atoms with Crippen LogP contribution in [0.1, 0.15) is 20.3 Å². The van der Waals surface area contributed by atoms with Gasteiger partial charge < -0.3 is 10.2 Å². The van der Waals surface area contributed by atoms with Gasteiger partial charge in [-0.05, 0) is 0 Å². The van der Waals surface area contributed by atoms with Crippen molar-refractivity contribution in [1.29, 1.82) is 0 Å². The molecule has 0 aliphatic heterocycles. The number of hydrogen-bond acceptors (Lipinski definition) is 2. The molecule has 0 saturated carbocycles. The third kappa shape index (κ3) is 14.6. The molecule has 0 atom stereocenters. The van der Waals surface area contributed by atoms with E-state index in [1.54, 1.807) is 13.8 Å². The molecule has 4 aromatic rings. The molecular weight excluding hydrogens is 559 g/mol. The van der Waals surface area contributed by atoms with Gasteiger partial charge in [-0.15, -0.1) is 92.1 Å². The van der Waals surface area contributed by atoms with E-state index >= 15 is 0 Å². The first-order valence-electron chi connectivity index (χ1n) is 10.4. The van der Waals surface area contributed by atoms with Gasteiger partial charge in [-0.1, -0.05) is 26.0 Å². The molecule has 3 heteroatoms. The van der Waals surface area contributed by atoms with Crippen LogP contribution in [0.3, 0.4) is 0 Å². The number of hydrogen-bond donors (Lipinski definition) is 0. The van der Waals surface area contributed by atoms with Crippen molar-refractivity contribution in [3.8, 4) is 0 Å². The molecule has 2 nitrogen and oxygen atoms in total. The van der Waals surface area contributed by atoms with Crippen LogP contribution in [0, 0.1) is 6.08 Å². The quantitative estimate of drug-likeness (QED) is 0.144. The van der Waals surface area contributed by atoms with Crippen LogP contribution in [-0.4, -0.2) is 13.2 Å². The minimum absolute atomic E-state index is 0. The van der Waals surface area contributed by atoms with Gasteiger partial charge in [0.2, 0.25) is 0 Å². The molecule has 170 valence electrons. The van der Waals surface area contributed by atoms with E-state index in [1.807, 2.05) is 12.2 Å². The fourth-order valence-electron chi connectivity index (χ4n) is 2.48. The molecule has 0 spiro atoms. The molecule has 0 radical (unpaired) electrons. The minimum Gasteiger partial charge on any atom is -0.855 e. The summed E-state index contributed by atoms with van der Waals surface area (Å²) in [6.07, 6.45) is 10.0. The fraction of sp³-hybridized carbons (Fsp3) is 0.172. The summed E-state index contributed by atoms with van der Waals surface area (Å²) in [5, 5.41) is 23.2. The Kier molecular flexibility index (Phi) is 23.2. The first-order valence-corrected chi connectivity index (χ1v) is 10.4. The maximum atomic E-state index is 8.93. The number of fused-ring (bicyclic) bond motifs is 2. The Balaban J connectivity index is 0. The van der Waals surface area contributed by atoms with Crippen LogP contribution in [0.15, 0.2) is 116 Å². The zero-order chi connectivity index (χ0) is 23.2. The Morgan fingerprint density at radius 3 is 1.47 bits per heavy atom. The summed E-state index contributed by atoms with van der Waals surface area (Å²) in [4.78, 5) is 0. The van der Waals surface area contributed by atoms with Crippen molar-refractivity contribution in [3.63, 3.8) is 0 Å². The molecule has 0 amide bonds. The van der Waals surface area contributed by atoms with Gasteiger partial charge >= 0.3 is 0 Å². The predicted octanol–water partition coefficient (Wildman–Crippen LogP) is 5.96. The van der Waals surface area contributed by atoms with Crippen molar-refractivity contribution < 1.29 is 36.1 Å². The van der Waals surface area contributed by atoms with Crippen LogP contribution in [-0.2, 0) is 25.8 Å². The predicted molar refractivity (Wildman–Crippen MR) is 133 cm³/mol. The van der Waals surface area contributed by atoms with E-state index in [9.17, 15) is 0 Å². The summed E-state index contributed by atoms with van der Waals surface area (Å²) in [5.74, 6) is 0. The van der Waals surface area contributed by atoms with Crippen molar-refractivity contribution in [2.24, 2.45) is 0 Å². The molecule has 1 aliphatic carbocycles. The van der Waals surface area contributed by atoms with Gasteiger partial charge in [0.15, 0.2) is 0 Å². The van der Waals surface area contributed by atoms with Crippen molar-refractivity contribution in [2.45, 2.75) is 20.3 Å². The van der Waals surface area contributed by atoms with Crippen LogP contribution in [0.25, 0.3) is 21.5 Å². The molecule has 0 aromatic heterocycles. The largest absolute Gasteiger partial charge is 0.855 e. The average molecular weight is 592 g/mol. The molecule has 5 rings (SSSR count). The minimum atomic E-state index is 0. The van der Waals surface area contributed by atoms with E-state index in [0.717, 1.165) is 6.42 Å². The van der Waals surface area contributed by atoms with Gasteiger partial charge in [0.1, 0.15) is 0 Å². The Hall–Kier alpha value is -2.33. The molecule has 4 aromatic carbocycles.